The molecule has 2 aromatic heterocycles. The van der Waals surface area contributed by atoms with Crippen LogP contribution in [0.3, 0.4) is 0 Å². The van der Waals surface area contributed by atoms with Crippen LogP contribution in [0.25, 0.3) is 16.9 Å². The molecule has 5 rings (SSSR count). The highest BCUT2D eigenvalue weighted by molar-refractivity contribution is 5.95. The van der Waals surface area contributed by atoms with Crippen LogP contribution in [0.1, 0.15) is 42.5 Å². The van der Waals surface area contributed by atoms with E-state index in [0.29, 0.717) is 5.56 Å². The molecular weight excluding hydrogens is 386 g/mol. The van der Waals surface area contributed by atoms with Gasteiger partial charge in [-0.3, -0.25) is 14.2 Å². The second-order valence-corrected chi connectivity index (χ2v) is 7.99. The average molecular weight is 412 g/mol. The minimum Gasteiger partial charge on any atom is -0.349 e. The molecule has 0 unspecified atom stereocenters. The van der Waals surface area contributed by atoms with Crippen molar-refractivity contribution in [2.75, 3.05) is 5.32 Å². The Morgan fingerprint density at radius 1 is 1.00 bits per heavy atom. The number of benzene rings is 2. The molecule has 2 heterocycles. The van der Waals surface area contributed by atoms with Gasteiger partial charge in [0.25, 0.3) is 5.91 Å². The van der Waals surface area contributed by atoms with E-state index in [1.807, 2.05) is 65.2 Å². The summed E-state index contributed by atoms with van der Waals surface area (Å²) in [5.41, 5.74) is 4.11. The summed E-state index contributed by atoms with van der Waals surface area (Å²) < 4.78 is 1.98. The van der Waals surface area contributed by atoms with E-state index in [0.717, 1.165) is 41.3 Å². The van der Waals surface area contributed by atoms with Crippen molar-refractivity contribution in [1.29, 1.82) is 0 Å². The van der Waals surface area contributed by atoms with Gasteiger partial charge in [0.15, 0.2) is 5.65 Å². The summed E-state index contributed by atoms with van der Waals surface area (Å²) in [6, 6.07) is 18.0. The van der Waals surface area contributed by atoms with E-state index >= 15 is 0 Å². The van der Waals surface area contributed by atoms with Gasteiger partial charge in [-0.2, -0.15) is 0 Å². The number of amides is 1. The van der Waals surface area contributed by atoms with Gasteiger partial charge in [-0.1, -0.05) is 55.7 Å². The first-order chi connectivity index (χ1) is 15.3. The van der Waals surface area contributed by atoms with Crippen molar-refractivity contribution >= 4 is 23.1 Å². The molecule has 156 valence electrons. The zero-order chi connectivity index (χ0) is 21.0. The highest BCUT2D eigenvalue weighted by atomic mass is 16.1. The summed E-state index contributed by atoms with van der Waals surface area (Å²) >= 11 is 0. The molecule has 0 aliphatic heterocycles. The van der Waals surface area contributed by atoms with Crippen LogP contribution in [0.2, 0.25) is 0 Å². The van der Waals surface area contributed by atoms with Crippen molar-refractivity contribution in [3.8, 4) is 11.3 Å². The number of hydrogen-bond donors (Lipinski definition) is 2. The number of carbonyl (C=O) groups excluding carboxylic acids is 1. The Morgan fingerprint density at radius 2 is 1.84 bits per heavy atom. The number of rotatable bonds is 5. The van der Waals surface area contributed by atoms with Gasteiger partial charge in [0.1, 0.15) is 11.5 Å². The van der Waals surface area contributed by atoms with Gasteiger partial charge in [0.2, 0.25) is 0 Å². The highest BCUT2D eigenvalue weighted by Gasteiger charge is 2.18. The molecule has 0 saturated heterocycles. The van der Waals surface area contributed by atoms with Crippen molar-refractivity contribution in [2.24, 2.45) is 0 Å². The van der Waals surface area contributed by atoms with E-state index in [1.165, 1.54) is 19.3 Å². The van der Waals surface area contributed by atoms with Crippen LogP contribution in [0.15, 0.2) is 73.2 Å². The standard InChI is InChI=1S/C25H25N5O/c31-25(28-20-11-5-2-6-12-20)19-10-7-13-21(16-19)27-24-23(18-8-3-1-4-9-18)29-22-17-26-14-15-30(22)24/h1,3-4,7-10,13-17,20,27H,2,5-6,11-12H2,(H,28,31). The number of hydrogen-bond acceptors (Lipinski definition) is 4. The molecule has 2 aromatic carbocycles. The van der Waals surface area contributed by atoms with Crippen molar-refractivity contribution < 1.29 is 4.79 Å². The van der Waals surface area contributed by atoms with Gasteiger partial charge in [-0.25, -0.2) is 4.98 Å². The molecule has 6 heteroatoms. The summed E-state index contributed by atoms with van der Waals surface area (Å²) in [5.74, 6) is 0.828. The lowest BCUT2D eigenvalue weighted by Crippen LogP contribution is -2.36. The number of carbonyl (C=O) groups is 1. The Morgan fingerprint density at radius 3 is 2.68 bits per heavy atom. The third-order valence-electron chi connectivity index (χ3n) is 5.81. The van der Waals surface area contributed by atoms with Gasteiger partial charge in [-0.15, -0.1) is 0 Å². The average Bonchev–Trinajstić information content (AvgIpc) is 3.19. The lowest BCUT2D eigenvalue weighted by molar-refractivity contribution is 0.0928. The smallest absolute Gasteiger partial charge is 0.251 e. The second-order valence-electron chi connectivity index (χ2n) is 7.99. The maximum Gasteiger partial charge on any atom is 0.251 e. The summed E-state index contributed by atoms with van der Waals surface area (Å²) in [4.78, 5) is 21.8. The molecule has 1 fully saturated rings. The van der Waals surface area contributed by atoms with Crippen LogP contribution in [0.5, 0.6) is 0 Å². The van der Waals surface area contributed by atoms with Crippen molar-refractivity contribution in [3.63, 3.8) is 0 Å². The Kier molecular flexibility index (Phi) is 5.35. The molecule has 1 amide bonds. The van der Waals surface area contributed by atoms with E-state index in [1.54, 1.807) is 12.4 Å². The third kappa shape index (κ3) is 4.14. The number of nitrogens with zero attached hydrogens (tertiary/aromatic N) is 3. The lowest BCUT2D eigenvalue weighted by atomic mass is 9.95. The second kappa shape index (κ2) is 8.60. The minimum atomic E-state index is -0.0128. The molecule has 6 nitrogen and oxygen atoms in total. The van der Waals surface area contributed by atoms with Gasteiger partial charge in [0, 0.05) is 35.2 Å². The van der Waals surface area contributed by atoms with E-state index in [-0.39, 0.29) is 11.9 Å². The molecule has 0 atom stereocenters. The van der Waals surface area contributed by atoms with Crippen LogP contribution in [-0.2, 0) is 0 Å². The first-order valence-electron chi connectivity index (χ1n) is 10.8. The maximum atomic E-state index is 12.8. The monoisotopic (exact) mass is 411 g/mol. The van der Waals surface area contributed by atoms with Crippen molar-refractivity contribution in [2.45, 2.75) is 38.1 Å². The van der Waals surface area contributed by atoms with Gasteiger partial charge < -0.3 is 10.6 Å². The largest absolute Gasteiger partial charge is 0.349 e. The number of nitrogens with one attached hydrogen (secondary N) is 2. The van der Waals surface area contributed by atoms with Crippen LogP contribution >= 0.6 is 0 Å². The molecule has 2 N–H and O–H groups in total. The zero-order valence-electron chi connectivity index (χ0n) is 17.3. The summed E-state index contributed by atoms with van der Waals surface area (Å²) in [6.07, 6.45) is 11.2. The normalized spacial score (nSPS) is 14.5. The van der Waals surface area contributed by atoms with Gasteiger partial charge in [0.05, 0.1) is 6.20 Å². The van der Waals surface area contributed by atoms with Gasteiger partial charge in [-0.05, 0) is 31.0 Å². The molecule has 1 aliphatic rings. The molecule has 0 spiro atoms. The molecule has 1 saturated carbocycles. The molecule has 0 radical (unpaired) electrons. The summed E-state index contributed by atoms with van der Waals surface area (Å²) in [5, 5.41) is 6.68. The molecular formula is C25H25N5O. The van der Waals surface area contributed by atoms with Crippen molar-refractivity contribution in [1.82, 2.24) is 19.7 Å². The number of anilines is 2. The first kappa shape index (κ1) is 19.3. The SMILES string of the molecule is O=C(NC1CCCCC1)c1cccc(Nc2c(-c3ccccc3)nc3cnccn23)c1. The molecule has 31 heavy (non-hydrogen) atoms. The fraction of sp³-hybridized carbons (Fsp3) is 0.240. The third-order valence-corrected chi connectivity index (χ3v) is 5.81. The van der Waals surface area contributed by atoms with Gasteiger partial charge >= 0.3 is 0 Å². The Bertz CT molecular complexity index is 1200. The summed E-state index contributed by atoms with van der Waals surface area (Å²) in [7, 11) is 0. The molecule has 0 bridgehead atoms. The lowest BCUT2D eigenvalue weighted by Gasteiger charge is -2.22. The fourth-order valence-corrected chi connectivity index (χ4v) is 4.21. The van der Waals surface area contributed by atoms with E-state index in [2.05, 4.69) is 15.6 Å². The number of imidazole rings is 1. The van der Waals surface area contributed by atoms with E-state index < -0.39 is 0 Å². The highest BCUT2D eigenvalue weighted by Crippen LogP contribution is 2.31. The van der Waals surface area contributed by atoms with E-state index in [9.17, 15) is 4.79 Å². The predicted molar refractivity (Wildman–Crippen MR) is 122 cm³/mol. The van der Waals surface area contributed by atoms with Crippen LogP contribution in [0, 0.1) is 0 Å². The first-order valence-corrected chi connectivity index (χ1v) is 10.8. The van der Waals surface area contributed by atoms with Crippen LogP contribution in [-0.4, -0.2) is 26.3 Å². The Balaban J connectivity index is 1.45. The van der Waals surface area contributed by atoms with Crippen LogP contribution < -0.4 is 10.6 Å². The van der Waals surface area contributed by atoms with E-state index in [4.69, 9.17) is 4.98 Å². The number of fused-ring (bicyclic) bond motifs is 1. The topological polar surface area (TPSA) is 71.3 Å². The fourth-order valence-electron chi connectivity index (χ4n) is 4.21. The zero-order valence-corrected chi connectivity index (χ0v) is 17.3. The van der Waals surface area contributed by atoms with Crippen molar-refractivity contribution in [3.05, 3.63) is 78.8 Å². The quantitative estimate of drug-likeness (QED) is 0.473. The van der Waals surface area contributed by atoms with Crippen LogP contribution in [0.4, 0.5) is 11.5 Å². The summed E-state index contributed by atoms with van der Waals surface area (Å²) in [6.45, 7) is 0. The maximum absolute atomic E-state index is 12.8. The predicted octanol–water partition coefficient (Wildman–Crippen LogP) is 5.20. The Hall–Kier alpha value is -3.67. The minimum absolute atomic E-state index is 0.0128. The molecule has 1 aliphatic carbocycles. The number of aromatic nitrogens is 3. The Labute approximate surface area is 181 Å². The molecule has 4 aromatic rings.